The zero-order valence-electron chi connectivity index (χ0n) is 10.9. The molecule has 0 saturated carbocycles. The highest BCUT2D eigenvalue weighted by Gasteiger charge is 2.28. The highest BCUT2D eigenvalue weighted by Crippen LogP contribution is 2.21. The molecular formula is C11H18N2O3S2. The molecule has 0 aromatic carbocycles. The van der Waals surface area contributed by atoms with Gasteiger partial charge < -0.3 is 5.32 Å². The zero-order valence-corrected chi connectivity index (χ0v) is 12.6. The van der Waals surface area contributed by atoms with Crippen molar-refractivity contribution in [3.05, 3.63) is 16.1 Å². The molecule has 1 aromatic heterocycles. The maximum Gasteiger partial charge on any atom is 0.237 e. The van der Waals surface area contributed by atoms with Gasteiger partial charge in [-0.05, 0) is 6.92 Å². The van der Waals surface area contributed by atoms with E-state index in [1.807, 2.05) is 13.8 Å². The third-order valence-electron chi connectivity index (χ3n) is 2.57. The van der Waals surface area contributed by atoms with Gasteiger partial charge in [0.05, 0.1) is 16.5 Å². The molecular weight excluding hydrogens is 272 g/mol. The molecule has 0 saturated heterocycles. The molecule has 5 nitrogen and oxygen atoms in total. The van der Waals surface area contributed by atoms with Gasteiger partial charge in [0.15, 0.2) is 9.84 Å². The van der Waals surface area contributed by atoms with Gasteiger partial charge >= 0.3 is 0 Å². The van der Waals surface area contributed by atoms with Gasteiger partial charge in [-0.3, -0.25) is 4.79 Å². The first kappa shape index (κ1) is 15.1. The minimum atomic E-state index is -3.50. The second-order valence-corrected chi connectivity index (χ2v) is 7.61. The van der Waals surface area contributed by atoms with Crippen molar-refractivity contribution in [1.29, 1.82) is 0 Å². The van der Waals surface area contributed by atoms with Crippen LogP contribution in [0, 0.1) is 0 Å². The van der Waals surface area contributed by atoms with Crippen LogP contribution in [-0.4, -0.2) is 31.6 Å². The number of rotatable bonds is 5. The van der Waals surface area contributed by atoms with Crippen molar-refractivity contribution in [3.8, 4) is 0 Å². The number of hydrogen-bond donors (Lipinski definition) is 1. The van der Waals surface area contributed by atoms with Crippen LogP contribution in [0.25, 0.3) is 0 Å². The number of carbonyl (C=O) groups is 1. The van der Waals surface area contributed by atoms with Crippen molar-refractivity contribution in [2.75, 3.05) is 7.05 Å². The highest BCUT2D eigenvalue weighted by molar-refractivity contribution is 7.92. The molecule has 1 unspecified atom stereocenters. The predicted octanol–water partition coefficient (Wildman–Crippen LogP) is 1.32. The number of hydrogen-bond acceptors (Lipinski definition) is 5. The average Bonchev–Trinajstić information content (AvgIpc) is 2.74. The molecule has 0 aliphatic rings. The lowest BCUT2D eigenvalue weighted by Crippen LogP contribution is -2.36. The molecule has 0 aliphatic heterocycles. The molecule has 0 radical (unpaired) electrons. The number of sulfone groups is 1. The summed E-state index contributed by atoms with van der Waals surface area (Å²) in [7, 11) is -2.08. The van der Waals surface area contributed by atoms with E-state index in [4.69, 9.17) is 0 Å². The van der Waals surface area contributed by atoms with E-state index in [1.54, 1.807) is 5.38 Å². The summed E-state index contributed by atoms with van der Waals surface area (Å²) < 4.78 is 24.0. The Morgan fingerprint density at radius 2 is 2.06 bits per heavy atom. The highest BCUT2D eigenvalue weighted by atomic mass is 32.2. The van der Waals surface area contributed by atoms with Gasteiger partial charge in [-0.2, -0.15) is 0 Å². The Labute approximate surface area is 112 Å². The average molecular weight is 290 g/mol. The van der Waals surface area contributed by atoms with E-state index >= 15 is 0 Å². The van der Waals surface area contributed by atoms with E-state index in [2.05, 4.69) is 10.3 Å². The van der Waals surface area contributed by atoms with Crippen molar-refractivity contribution in [1.82, 2.24) is 10.3 Å². The molecule has 1 rings (SSSR count). The summed E-state index contributed by atoms with van der Waals surface area (Å²) in [6.45, 7) is 5.40. The Morgan fingerprint density at radius 1 is 1.44 bits per heavy atom. The second kappa shape index (κ2) is 5.79. The smallest absolute Gasteiger partial charge is 0.237 e. The van der Waals surface area contributed by atoms with Crippen LogP contribution in [0.2, 0.25) is 0 Å². The lowest BCUT2D eigenvalue weighted by Gasteiger charge is -2.10. The molecule has 1 atom stereocenters. The van der Waals surface area contributed by atoms with Gasteiger partial charge in [-0.25, -0.2) is 13.4 Å². The number of aromatic nitrogens is 1. The van der Waals surface area contributed by atoms with Gasteiger partial charge in [-0.15, -0.1) is 11.3 Å². The van der Waals surface area contributed by atoms with Crippen LogP contribution < -0.4 is 5.32 Å². The van der Waals surface area contributed by atoms with Gasteiger partial charge in [0.2, 0.25) is 5.91 Å². The van der Waals surface area contributed by atoms with Crippen molar-refractivity contribution < 1.29 is 13.2 Å². The predicted molar refractivity (Wildman–Crippen MR) is 72.4 cm³/mol. The summed E-state index contributed by atoms with van der Waals surface area (Å²) in [6, 6.07) is 0. The maximum absolute atomic E-state index is 12.0. The Morgan fingerprint density at radius 3 is 2.50 bits per heavy atom. The van der Waals surface area contributed by atoms with Crippen LogP contribution >= 0.6 is 11.3 Å². The minimum absolute atomic E-state index is 0.190. The minimum Gasteiger partial charge on any atom is -0.358 e. The van der Waals surface area contributed by atoms with Crippen LogP contribution in [-0.2, 0) is 20.4 Å². The van der Waals surface area contributed by atoms with E-state index in [0.717, 1.165) is 5.01 Å². The molecule has 1 aromatic rings. The van der Waals surface area contributed by atoms with E-state index in [1.165, 1.54) is 25.3 Å². The Kier molecular flexibility index (Phi) is 4.86. The Hall–Kier alpha value is -0.950. The molecule has 1 heterocycles. The third-order valence-corrected chi connectivity index (χ3v) is 5.75. The first-order chi connectivity index (χ1) is 8.27. The fourth-order valence-electron chi connectivity index (χ4n) is 1.35. The number of amides is 1. The molecule has 18 heavy (non-hydrogen) atoms. The van der Waals surface area contributed by atoms with Gasteiger partial charge in [0.1, 0.15) is 5.25 Å². The van der Waals surface area contributed by atoms with Gasteiger partial charge in [-0.1, -0.05) is 13.8 Å². The van der Waals surface area contributed by atoms with Crippen molar-refractivity contribution in [2.24, 2.45) is 0 Å². The van der Waals surface area contributed by atoms with Crippen LogP contribution in [0.3, 0.4) is 0 Å². The normalized spacial score (nSPS) is 13.6. The summed E-state index contributed by atoms with van der Waals surface area (Å²) in [6.07, 6.45) is 0. The first-order valence-electron chi connectivity index (χ1n) is 5.65. The maximum atomic E-state index is 12.0. The largest absolute Gasteiger partial charge is 0.358 e. The molecule has 0 fully saturated rings. The van der Waals surface area contributed by atoms with E-state index in [9.17, 15) is 13.2 Å². The van der Waals surface area contributed by atoms with E-state index < -0.39 is 21.0 Å². The summed E-state index contributed by atoms with van der Waals surface area (Å²) >= 11 is 1.45. The molecule has 1 amide bonds. The van der Waals surface area contributed by atoms with Gasteiger partial charge in [0.25, 0.3) is 0 Å². The molecule has 1 N–H and O–H groups in total. The topological polar surface area (TPSA) is 76.1 Å². The standard InChI is InChI=1S/C11H18N2O3S2/c1-7(2)11-13-9(5-17-11)6-18(15,16)8(3)10(14)12-4/h5,7-8H,6H2,1-4H3,(H,12,14). The fraction of sp³-hybridized carbons (Fsp3) is 0.636. The zero-order chi connectivity index (χ0) is 13.9. The lowest BCUT2D eigenvalue weighted by atomic mass is 10.2. The van der Waals surface area contributed by atoms with Crippen LogP contribution in [0.4, 0.5) is 0 Å². The summed E-state index contributed by atoms with van der Waals surface area (Å²) in [5.74, 6) is -0.401. The Bertz CT molecular complexity index is 520. The van der Waals surface area contributed by atoms with Crippen LogP contribution in [0.15, 0.2) is 5.38 Å². The molecule has 102 valence electrons. The van der Waals surface area contributed by atoms with E-state index in [0.29, 0.717) is 5.69 Å². The molecule has 7 heteroatoms. The quantitative estimate of drug-likeness (QED) is 0.887. The monoisotopic (exact) mass is 290 g/mol. The molecule has 0 bridgehead atoms. The number of carbonyl (C=O) groups excluding carboxylic acids is 1. The van der Waals surface area contributed by atoms with Crippen LogP contribution in [0.5, 0.6) is 0 Å². The third kappa shape index (κ3) is 3.52. The van der Waals surface area contributed by atoms with E-state index in [-0.39, 0.29) is 11.7 Å². The molecule has 0 spiro atoms. The summed E-state index contributed by atoms with van der Waals surface area (Å²) in [5.41, 5.74) is 0.513. The first-order valence-corrected chi connectivity index (χ1v) is 8.25. The van der Waals surface area contributed by atoms with Crippen molar-refractivity contribution in [3.63, 3.8) is 0 Å². The van der Waals surface area contributed by atoms with Crippen molar-refractivity contribution in [2.45, 2.75) is 37.7 Å². The lowest BCUT2D eigenvalue weighted by molar-refractivity contribution is -0.119. The summed E-state index contributed by atoms with van der Waals surface area (Å²) in [4.78, 5) is 15.6. The SMILES string of the molecule is CNC(=O)C(C)S(=O)(=O)Cc1csc(C(C)C)n1. The number of nitrogens with zero attached hydrogens (tertiary/aromatic N) is 1. The number of thiazole rings is 1. The van der Waals surface area contributed by atoms with Crippen molar-refractivity contribution >= 4 is 27.1 Å². The second-order valence-electron chi connectivity index (χ2n) is 4.40. The molecule has 0 aliphatic carbocycles. The summed E-state index contributed by atoms with van der Waals surface area (Å²) in [5, 5.41) is 3.94. The Balaban J connectivity index is 2.85. The fourth-order valence-corrected chi connectivity index (χ4v) is 3.55. The van der Waals surface area contributed by atoms with Gasteiger partial charge in [0, 0.05) is 18.3 Å². The number of nitrogens with one attached hydrogen (secondary N) is 1. The van der Waals surface area contributed by atoms with Crippen LogP contribution in [0.1, 0.15) is 37.4 Å².